The number of nitrogens with zero attached hydrogens (tertiary/aromatic N) is 1. The van der Waals surface area contributed by atoms with Gasteiger partial charge in [-0.3, -0.25) is 0 Å². The fourth-order valence-electron chi connectivity index (χ4n) is 1.66. The summed E-state index contributed by atoms with van der Waals surface area (Å²) in [6, 6.07) is 1.88. The number of allylic oxidation sites excluding steroid dienone is 4. The van der Waals surface area contributed by atoms with Crippen molar-refractivity contribution in [2.24, 2.45) is 5.92 Å². The number of hydrogen-bond donors (Lipinski definition) is 1. The highest BCUT2D eigenvalue weighted by atomic mass is 16.5. The molecule has 0 amide bonds. The lowest BCUT2D eigenvalue weighted by Gasteiger charge is -2.24. The maximum atomic E-state index is 11.4. The van der Waals surface area contributed by atoms with Gasteiger partial charge in [-0.05, 0) is 24.6 Å². The molecule has 0 aromatic heterocycles. The number of hydrogen-bond acceptors (Lipinski definition) is 4. The van der Waals surface area contributed by atoms with Gasteiger partial charge in [-0.1, -0.05) is 6.08 Å². The molecular weight excluding hydrogens is 192 g/mol. The molecule has 2 rings (SSSR count). The van der Waals surface area contributed by atoms with Gasteiger partial charge in [0.2, 0.25) is 0 Å². The molecule has 0 radical (unpaired) electrons. The van der Waals surface area contributed by atoms with E-state index in [2.05, 4.69) is 0 Å². The van der Waals surface area contributed by atoms with Crippen molar-refractivity contribution in [3.05, 3.63) is 35.1 Å². The summed E-state index contributed by atoms with van der Waals surface area (Å²) in [5, 5.41) is 16.5. The molecule has 0 saturated heterocycles. The Kier molecular flexibility index (Phi) is 2.01. The van der Waals surface area contributed by atoms with E-state index in [0.29, 0.717) is 16.9 Å². The van der Waals surface area contributed by atoms with Crippen LogP contribution in [0.1, 0.15) is 6.92 Å². The first kappa shape index (κ1) is 9.41. The van der Waals surface area contributed by atoms with Crippen LogP contribution in [0, 0.1) is 22.7 Å². The first-order valence-electron chi connectivity index (χ1n) is 4.45. The number of nitriles is 1. The van der Waals surface area contributed by atoms with Gasteiger partial charge >= 0.3 is 5.97 Å². The molecule has 1 aliphatic heterocycles. The number of fused-ring (bicyclic) bond motifs is 1. The molecule has 1 N–H and O–H groups in total. The molecule has 74 valence electrons. The fourth-order valence-corrected chi connectivity index (χ4v) is 1.66. The number of esters is 1. The average molecular weight is 200 g/mol. The van der Waals surface area contributed by atoms with Gasteiger partial charge in [0.15, 0.2) is 5.92 Å². The third-order valence-electron chi connectivity index (χ3n) is 2.43. The van der Waals surface area contributed by atoms with E-state index < -0.39 is 11.9 Å². The number of carbonyl (C=O) groups is 1. The van der Waals surface area contributed by atoms with Gasteiger partial charge in [-0.15, -0.1) is 0 Å². The summed E-state index contributed by atoms with van der Waals surface area (Å²) in [5.41, 5.74) is 1.43. The largest absolute Gasteiger partial charge is 0.425 e. The SMILES string of the molecule is CC1=C2C(=N)C=CC=C2OC(=O)C1C#N. The van der Waals surface area contributed by atoms with E-state index in [4.69, 9.17) is 15.4 Å². The molecule has 4 heteroatoms. The molecular formula is C11H8N2O2. The topological polar surface area (TPSA) is 73.9 Å². The Morgan fingerprint density at radius 2 is 2.33 bits per heavy atom. The van der Waals surface area contributed by atoms with Crippen LogP contribution >= 0.6 is 0 Å². The zero-order chi connectivity index (χ0) is 11.0. The van der Waals surface area contributed by atoms with Gasteiger partial charge < -0.3 is 10.1 Å². The average Bonchev–Trinajstić information content (AvgIpc) is 2.17. The second kappa shape index (κ2) is 3.21. The standard InChI is InChI=1S/C11H8N2O2/c1-6-7(5-12)11(14)15-9-4-2-3-8(13)10(6)9/h2-4,7,13H,1H3. The molecule has 0 bridgehead atoms. The van der Waals surface area contributed by atoms with Crippen molar-refractivity contribution in [1.82, 2.24) is 0 Å². The number of rotatable bonds is 0. The van der Waals surface area contributed by atoms with Gasteiger partial charge in [0.25, 0.3) is 0 Å². The van der Waals surface area contributed by atoms with Crippen LogP contribution in [0.3, 0.4) is 0 Å². The van der Waals surface area contributed by atoms with Crippen molar-refractivity contribution in [3.63, 3.8) is 0 Å². The smallest absolute Gasteiger partial charge is 0.333 e. The van der Waals surface area contributed by atoms with Crippen LogP contribution in [0.25, 0.3) is 0 Å². The Morgan fingerprint density at radius 1 is 1.60 bits per heavy atom. The summed E-state index contributed by atoms with van der Waals surface area (Å²) >= 11 is 0. The first-order chi connectivity index (χ1) is 7.15. The van der Waals surface area contributed by atoms with Crippen molar-refractivity contribution < 1.29 is 9.53 Å². The van der Waals surface area contributed by atoms with Gasteiger partial charge in [-0.25, -0.2) is 4.79 Å². The molecule has 2 aliphatic rings. The first-order valence-corrected chi connectivity index (χ1v) is 4.45. The highest BCUT2D eigenvalue weighted by Crippen LogP contribution is 2.31. The minimum absolute atomic E-state index is 0.276. The minimum Gasteiger partial charge on any atom is -0.425 e. The Hall–Kier alpha value is -2.15. The van der Waals surface area contributed by atoms with E-state index in [-0.39, 0.29) is 5.71 Å². The molecule has 15 heavy (non-hydrogen) atoms. The third kappa shape index (κ3) is 1.29. The molecule has 1 unspecified atom stereocenters. The van der Waals surface area contributed by atoms with E-state index in [1.807, 2.05) is 6.07 Å². The maximum Gasteiger partial charge on any atom is 0.333 e. The van der Waals surface area contributed by atoms with Gasteiger partial charge in [0, 0.05) is 5.57 Å². The van der Waals surface area contributed by atoms with Crippen LogP contribution in [-0.2, 0) is 9.53 Å². The second-order valence-electron chi connectivity index (χ2n) is 3.34. The van der Waals surface area contributed by atoms with Gasteiger partial charge in [-0.2, -0.15) is 5.26 Å². The van der Waals surface area contributed by atoms with Crippen LogP contribution < -0.4 is 0 Å². The van der Waals surface area contributed by atoms with E-state index >= 15 is 0 Å². The quantitative estimate of drug-likeness (QED) is 0.602. The predicted molar refractivity (Wildman–Crippen MR) is 52.8 cm³/mol. The predicted octanol–water partition coefficient (Wildman–Crippen LogP) is 1.47. The summed E-state index contributed by atoms with van der Waals surface area (Å²) in [7, 11) is 0. The maximum absolute atomic E-state index is 11.4. The Labute approximate surface area is 86.7 Å². The van der Waals surface area contributed by atoms with Crippen LogP contribution in [0.15, 0.2) is 35.1 Å². The lowest BCUT2D eigenvalue weighted by molar-refractivity contribution is -0.141. The van der Waals surface area contributed by atoms with Crippen molar-refractivity contribution in [2.75, 3.05) is 0 Å². The van der Waals surface area contributed by atoms with E-state index in [9.17, 15) is 4.79 Å². The van der Waals surface area contributed by atoms with Crippen molar-refractivity contribution >= 4 is 11.7 Å². The summed E-state index contributed by atoms with van der Waals surface area (Å²) in [4.78, 5) is 11.4. The molecule has 0 fully saturated rings. The van der Waals surface area contributed by atoms with Crippen LogP contribution in [0.4, 0.5) is 0 Å². The lowest BCUT2D eigenvalue weighted by Crippen LogP contribution is -2.27. The highest BCUT2D eigenvalue weighted by molar-refractivity contribution is 6.12. The van der Waals surface area contributed by atoms with Crippen molar-refractivity contribution in [3.8, 4) is 6.07 Å². The fraction of sp³-hybridized carbons (Fsp3) is 0.182. The number of nitrogens with one attached hydrogen (secondary N) is 1. The van der Waals surface area contributed by atoms with Crippen LogP contribution in [0.5, 0.6) is 0 Å². The zero-order valence-electron chi connectivity index (χ0n) is 8.07. The summed E-state index contributed by atoms with van der Waals surface area (Å²) in [6.45, 7) is 1.69. The molecule has 1 aliphatic carbocycles. The molecule has 0 aromatic carbocycles. The monoisotopic (exact) mass is 200 g/mol. The van der Waals surface area contributed by atoms with Gasteiger partial charge in [0.1, 0.15) is 5.76 Å². The van der Waals surface area contributed by atoms with E-state index in [1.54, 1.807) is 25.2 Å². The van der Waals surface area contributed by atoms with E-state index in [0.717, 1.165) is 0 Å². The third-order valence-corrected chi connectivity index (χ3v) is 2.43. The molecule has 1 atom stereocenters. The van der Waals surface area contributed by atoms with Crippen molar-refractivity contribution in [2.45, 2.75) is 6.92 Å². The van der Waals surface area contributed by atoms with Gasteiger partial charge in [0.05, 0.1) is 11.8 Å². The van der Waals surface area contributed by atoms with Crippen LogP contribution in [-0.4, -0.2) is 11.7 Å². The summed E-state index contributed by atoms with van der Waals surface area (Å²) in [6.07, 6.45) is 4.88. The summed E-state index contributed by atoms with van der Waals surface area (Å²) < 4.78 is 4.98. The van der Waals surface area contributed by atoms with Crippen LogP contribution in [0.2, 0.25) is 0 Å². The molecule has 0 aromatic rings. The molecule has 0 spiro atoms. The Bertz CT molecular complexity index is 489. The summed E-state index contributed by atoms with van der Waals surface area (Å²) in [5.74, 6) is -1.08. The number of ether oxygens (including phenoxy) is 1. The van der Waals surface area contributed by atoms with E-state index in [1.165, 1.54) is 0 Å². The Balaban J connectivity index is 2.61. The molecule has 1 heterocycles. The zero-order valence-corrected chi connectivity index (χ0v) is 8.07. The Morgan fingerprint density at radius 3 is 3.00 bits per heavy atom. The second-order valence-corrected chi connectivity index (χ2v) is 3.34. The molecule has 0 saturated carbocycles. The van der Waals surface area contributed by atoms with Crippen molar-refractivity contribution in [1.29, 1.82) is 10.7 Å². The minimum atomic E-state index is -0.885. The highest BCUT2D eigenvalue weighted by Gasteiger charge is 2.34. The lowest BCUT2D eigenvalue weighted by atomic mass is 9.88. The normalized spacial score (nSPS) is 24.3. The molecule has 4 nitrogen and oxygen atoms in total. The number of carbonyl (C=O) groups excluding carboxylic acids is 1.